The fraction of sp³-hybridized carbons (Fsp3) is 0.357. The van der Waals surface area contributed by atoms with Crippen LogP contribution in [0.25, 0.3) is 10.9 Å². The van der Waals surface area contributed by atoms with Crippen LogP contribution in [-0.2, 0) is 41.6 Å². The fourth-order valence-corrected chi connectivity index (χ4v) is 3.93. The quantitative estimate of drug-likeness (QED) is 0.191. The molecule has 0 aliphatic carbocycles. The smallest absolute Gasteiger partial charge is 0.408 e. The molecule has 3 aromatic rings. The molecule has 39 heavy (non-hydrogen) atoms. The van der Waals surface area contributed by atoms with Crippen molar-refractivity contribution in [2.24, 2.45) is 0 Å². The van der Waals surface area contributed by atoms with Gasteiger partial charge >= 0.3 is 18.0 Å². The molecule has 3 rings (SSSR count). The van der Waals surface area contributed by atoms with Gasteiger partial charge in [0.25, 0.3) is 0 Å². The van der Waals surface area contributed by atoms with Crippen LogP contribution in [0, 0.1) is 0 Å². The zero-order valence-electron chi connectivity index (χ0n) is 21.9. The monoisotopic (exact) mass is 539 g/mol. The molecule has 2 atom stereocenters. The molecule has 0 saturated carbocycles. The minimum atomic E-state index is -1.16. The number of alkyl carbamates (subject to hydrolysis) is 1. The number of H-pyrrole nitrogens is 1. The fourth-order valence-electron chi connectivity index (χ4n) is 3.93. The summed E-state index contributed by atoms with van der Waals surface area (Å²) in [6.07, 6.45) is 0.695. The number of carbonyl (C=O) groups excluding carboxylic acids is 4. The molecule has 0 aliphatic heterocycles. The van der Waals surface area contributed by atoms with E-state index in [0.717, 1.165) is 11.1 Å². The number of aromatic amines is 1. The first-order valence-corrected chi connectivity index (χ1v) is 12.7. The number of hydrogen-bond donors (Lipinski definition) is 4. The standard InChI is InChI=1S/C28H33N3O8/c1-3-37-25(33)13-12-23(27(35)38-4-2)30-26(34)24(31-28(36)39-17-18-8-6-5-7-9-18)14-19-16-29-22-11-10-20(32)15-21(19)22/h5-11,15-16,23-24,29,32H,3-4,12-14,17H2,1-2H3,(H,30,34)(H,31,36)/t23-,24-/m0/s1. The molecule has 11 heteroatoms. The van der Waals surface area contributed by atoms with Crippen LogP contribution in [0.4, 0.5) is 4.79 Å². The van der Waals surface area contributed by atoms with Gasteiger partial charge in [0, 0.05) is 29.9 Å². The number of aromatic hydroxyl groups is 1. The number of amides is 2. The summed E-state index contributed by atoms with van der Waals surface area (Å²) in [5.41, 5.74) is 2.14. The van der Waals surface area contributed by atoms with Gasteiger partial charge in [0.15, 0.2) is 0 Å². The zero-order valence-corrected chi connectivity index (χ0v) is 21.9. The maximum Gasteiger partial charge on any atom is 0.408 e. The molecule has 0 fully saturated rings. The van der Waals surface area contributed by atoms with E-state index in [9.17, 15) is 24.3 Å². The molecular formula is C28H33N3O8. The molecule has 1 heterocycles. The number of aromatic nitrogens is 1. The minimum Gasteiger partial charge on any atom is -0.508 e. The highest BCUT2D eigenvalue weighted by atomic mass is 16.5. The van der Waals surface area contributed by atoms with Crippen LogP contribution in [0.3, 0.4) is 0 Å². The number of fused-ring (bicyclic) bond motifs is 1. The van der Waals surface area contributed by atoms with E-state index < -0.39 is 36.0 Å². The number of phenols is 1. The van der Waals surface area contributed by atoms with Crippen LogP contribution < -0.4 is 10.6 Å². The van der Waals surface area contributed by atoms with E-state index in [1.807, 2.05) is 18.2 Å². The van der Waals surface area contributed by atoms with Crippen molar-refractivity contribution in [3.63, 3.8) is 0 Å². The summed E-state index contributed by atoms with van der Waals surface area (Å²) in [6.45, 7) is 3.55. The van der Waals surface area contributed by atoms with Crippen LogP contribution in [0.1, 0.15) is 37.8 Å². The Balaban J connectivity index is 1.78. The van der Waals surface area contributed by atoms with Gasteiger partial charge < -0.3 is 34.9 Å². The lowest BCUT2D eigenvalue weighted by molar-refractivity contribution is -0.149. The Kier molecular flexibility index (Phi) is 10.7. The maximum absolute atomic E-state index is 13.4. The Morgan fingerprint density at radius 2 is 1.67 bits per heavy atom. The minimum absolute atomic E-state index is 0.00698. The number of rotatable bonds is 13. The molecule has 0 bridgehead atoms. The summed E-state index contributed by atoms with van der Waals surface area (Å²) in [5.74, 6) is -1.86. The van der Waals surface area contributed by atoms with Crippen LogP contribution in [0.5, 0.6) is 5.75 Å². The van der Waals surface area contributed by atoms with E-state index in [4.69, 9.17) is 14.2 Å². The van der Waals surface area contributed by atoms with Crippen molar-refractivity contribution in [1.29, 1.82) is 0 Å². The Morgan fingerprint density at radius 3 is 2.38 bits per heavy atom. The average molecular weight is 540 g/mol. The third-order valence-electron chi connectivity index (χ3n) is 5.83. The SMILES string of the molecule is CCOC(=O)CC[C@H](NC(=O)[C@H](Cc1c[nH]c2ccc(O)cc12)NC(=O)OCc1ccccc1)C(=O)OCC. The lowest BCUT2D eigenvalue weighted by atomic mass is 10.0. The molecule has 2 amide bonds. The second kappa shape index (κ2) is 14.4. The molecule has 1 aromatic heterocycles. The highest BCUT2D eigenvalue weighted by Gasteiger charge is 2.29. The molecule has 11 nitrogen and oxygen atoms in total. The van der Waals surface area contributed by atoms with Gasteiger partial charge in [0.1, 0.15) is 24.4 Å². The molecule has 208 valence electrons. The highest BCUT2D eigenvalue weighted by molar-refractivity contribution is 5.91. The first-order valence-electron chi connectivity index (χ1n) is 12.7. The van der Waals surface area contributed by atoms with Gasteiger partial charge in [-0.15, -0.1) is 0 Å². The lowest BCUT2D eigenvalue weighted by Crippen LogP contribution is -2.53. The van der Waals surface area contributed by atoms with E-state index in [1.54, 1.807) is 44.3 Å². The van der Waals surface area contributed by atoms with Gasteiger partial charge in [-0.1, -0.05) is 30.3 Å². The van der Waals surface area contributed by atoms with Gasteiger partial charge in [-0.05, 0) is 49.6 Å². The first kappa shape index (κ1) is 29.0. The van der Waals surface area contributed by atoms with E-state index in [0.29, 0.717) is 10.9 Å². The predicted octanol–water partition coefficient (Wildman–Crippen LogP) is 3.10. The second-order valence-corrected chi connectivity index (χ2v) is 8.66. The highest BCUT2D eigenvalue weighted by Crippen LogP contribution is 2.24. The van der Waals surface area contributed by atoms with Crippen molar-refractivity contribution in [3.05, 3.63) is 65.9 Å². The Labute approximate surface area is 225 Å². The largest absolute Gasteiger partial charge is 0.508 e. The molecule has 4 N–H and O–H groups in total. The van der Waals surface area contributed by atoms with Crippen molar-refractivity contribution < 1.29 is 38.5 Å². The lowest BCUT2D eigenvalue weighted by Gasteiger charge is -2.22. The third kappa shape index (κ3) is 8.77. The Morgan fingerprint density at radius 1 is 0.923 bits per heavy atom. The van der Waals surface area contributed by atoms with Crippen molar-refractivity contribution in [2.45, 2.75) is 51.8 Å². The predicted molar refractivity (Wildman–Crippen MR) is 142 cm³/mol. The summed E-state index contributed by atoms with van der Waals surface area (Å²) < 4.78 is 15.3. The van der Waals surface area contributed by atoms with Crippen LogP contribution in [-0.4, -0.2) is 59.3 Å². The maximum atomic E-state index is 13.4. The number of esters is 2. The Bertz CT molecular complexity index is 1270. The van der Waals surface area contributed by atoms with Gasteiger partial charge in [-0.25, -0.2) is 9.59 Å². The topological polar surface area (TPSA) is 156 Å². The van der Waals surface area contributed by atoms with Crippen molar-refractivity contribution >= 4 is 34.8 Å². The van der Waals surface area contributed by atoms with Gasteiger partial charge in [-0.3, -0.25) is 9.59 Å². The molecule has 0 radical (unpaired) electrons. The summed E-state index contributed by atoms with van der Waals surface area (Å²) in [5, 5.41) is 15.8. The van der Waals surface area contributed by atoms with E-state index >= 15 is 0 Å². The molecule has 0 saturated heterocycles. The number of carbonyl (C=O) groups is 4. The van der Waals surface area contributed by atoms with Gasteiger partial charge in [0.05, 0.1) is 13.2 Å². The summed E-state index contributed by atoms with van der Waals surface area (Å²) in [6, 6.07) is 11.5. The number of ether oxygens (including phenoxy) is 3. The molecular weight excluding hydrogens is 506 g/mol. The molecule has 0 unspecified atom stereocenters. The number of nitrogens with one attached hydrogen (secondary N) is 3. The van der Waals surface area contributed by atoms with Crippen molar-refractivity contribution in [3.8, 4) is 5.75 Å². The number of hydrogen-bond acceptors (Lipinski definition) is 8. The van der Waals surface area contributed by atoms with Crippen molar-refractivity contribution in [2.75, 3.05) is 13.2 Å². The van der Waals surface area contributed by atoms with Crippen LogP contribution in [0.2, 0.25) is 0 Å². The average Bonchev–Trinajstić information content (AvgIpc) is 3.31. The van der Waals surface area contributed by atoms with Crippen molar-refractivity contribution in [1.82, 2.24) is 15.6 Å². The number of benzene rings is 2. The molecule has 0 aliphatic rings. The summed E-state index contributed by atoms with van der Waals surface area (Å²) >= 11 is 0. The summed E-state index contributed by atoms with van der Waals surface area (Å²) in [4.78, 5) is 53.6. The van der Waals surface area contributed by atoms with Gasteiger partial charge in [0.2, 0.25) is 5.91 Å². The summed E-state index contributed by atoms with van der Waals surface area (Å²) in [7, 11) is 0. The first-order chi connectivity index (χ1) is 18.8. The normalized spacial score (nSPS) is 12.3. The molecule has 0 spiro atoms. The second-order valence-electron chi connectivity index (χ2n) is 8.66. The number of phenolic OH excluding ortho intramolecular Hbond substituents is 1. The van der Waals surface area contributed by atoms with E-state index in [2.05, 4.69) is 15.6 Å². The third-order valence-corrected chi connectivity index (χ3v) is 5.83. The zero-order chi connectivity index (χ0) is 28.2. The van der Waals surface area contributed by atoms with Crippen LogP contribution >= 0.6 is 0 Å². The van der Waals surface area contributed by atoms with Gasteiger partial charge in [-0.2, -0.15) is 0 Å². The van der Waals surface area contributed by atoms with E-state index in [1.165, 1.54) is 6.07 Å². The van der Waals surface area contributed by atoms with E-state index in [-0.39, 0.29) is 44.8 Å². The molecule has 2 aromatic carbocycles. The van der Waals surface area contributed by atoms with Crippen LogP contribution in [0.15, 0.2) is 54.7 Å². The Hall–Kier alpha value is -4.54.